The molecule has 166 valence electrons. The summed E-state index contributed by atoms with van der Waals surface area (Å²) in [6.07, 6.45) is 7.61. The van der Waals surface area contributed by atoms with Gasteiger partial charge in [-0.1, -0.05) is 80.6 Å². The molecule has 0 aliphatic rings. The Kier molecular flexibility index (Phi) is 10.1. The topological polar surface area (TPSA) is 46.5 Å². The van der Waals surface area contributed by atoms with E-state index in [0.29, 0.717) is 5.56 Å². The zero-order valence-corrected chi connectivity index (χ0v) is 20.7. The van der Waals surface area contributed by atoms with E-state index in [2.05, 4.69) is 6.92 Å². The van der Waals surface area contributed by atoms with Gasteiger partial charge in [0.2, 0.25) is 0 Å². The Morgan fingerprint density at radius 3 is 1.93 bits per heavy atom. The molecule has 29 heavy (non-hydrogen) atoms. The molecule has 0 heterocycles. The van der Waals surface area contributed by atoms with Crippen LogP contribution in [0.4, 0.5) is 0 Å². The maximum atomic E-state index is 12.8. The number of esters is 1. The molecule has 0 fully saturated rings. The fourth-order valence-electron chi connectivity index (χ4n) is 3.28. The Labute approximate surface area is 183 Å². The number of hydrogen-bond donors (Lipinski definition) is 1. The fraction of sp³-hybridized carbons (Fsp3) is 0.720. The molecule has 0 radical (unpaired) electrons. The molecule has 0 bridgehead atoms. The zero-order chi connectivity index (χ0) is 22.2. The number of carbonyl (C=O) groups is 1. The van der Waals surface area contributed by atoms with E-state index in [9.17, 15) is 9.90 Å². The molecule has 1 N–H and O–H groups in total. The molecule has 0 saturated heterocycles. The summed E-state index contributed by atoms with van der Waals surface area (Å²) in [7, 11) is 0. The second kappa shape index (κ2) is 11.3. The number of aromatic hydroxyl groups is 1. The molecule has 1 aromatic rings. The molecule has 3 nitrogen and oxygen atoms in total. The van der Waals surface area contributed by atoms with Gasteiger partial charge < -0.3 is 9.84 Å². The summed E-state index contributed by atoms with van der Waals surface area (Å²) in [5.41, 5.74) is 1.37. The molecule has 1 atom stereocenters. The quantitative estimate of drug-likeness (QED) is 0.240. The lowest BCUT2D eigenvalue weighted by Gasteiger charge is -2.28. The minimum absolute atomic E-state index is 0.178. The van der Waals surface area contributed by atoms with Crippen molar-refractivity contribution < 1.29 is 14.6 Å². The second-order valence-electron chi connectivity index (χ2n) is 10.0. The van der Waals surface area contributed by atoms with Gasteiger partial charge in [0.1, 0.15) is 11.2 Å². The maximum absolute atomic E-state index is 12.8. The molecule has 0 aliphatic carbocycles. The van der Waals surface area contributed by atoms with Gasteiger partial charge in [-0.3, -0.25) is 0 Å². The molecule has 0 aromatic heterocycles. The van der Waals surface area contributed by atoms with Crippen LogP contribution in [0.25, 0.3) is 0 Å². The van der Waals surface area contributed by atoms with E-state index < -0.39 is 0 Å². The highest BCUT2D eigenvalue weighted by Gasteiger charge is 2.28. The van der Waals surface area contributed by atoms with E-state index in [1.165, 1.54) is 32.1 Å². The van der Waals surface area contributed by atoms with E-state index >= 15 is 0 Å². The predicted octanol–water partition coefficient (Wildman–Crippen LogP) is 7.58. The number of hydrogen-bond acceptors (Lipinski definition) is 4. The summed E-state index contributed by atoms with van der Waals surface area (Å²) in [6, 6.07) is 3.58. The van der Waals surface area contributed by atoms with Crippen molar-refractivity contribution in [3.63, 3.8) is 0 Å². The van der Waals surface area contributed by atoms with E-state index in [1.807, 2.05) is 48.5 Å². The maximum Gasteiger partial charge on any atom is 0.339 e. The van der Waals surface area contributed by atoms with Crippen LogP contribution in [0.2, 0.25) is 0 Å². The van der Waals surface area contributed by atoms with Crippen LogP contribution in [0.5, 0.6) is 5.75 Å². The number of phenolic OH excluding ortho intramolecular Hbond substituents is 1. The van der Waals surface area contributed by atoms with Crippen molar-refractivity contribution in [1.82, 2.24) is 0 Å². The average Bonchev–Trinajstić information content (AvgIpc) is 2.59. The number of carbonyl (C=O) groups excluding carboxylic acids is 1. The lowest BCUT2D eigenvalue weighted by Crippen LogP contribution is -2.20. The molecule has 1 rings (SSSR count). The Bertz CT molecular complexity index is 618. The molecule has 0 aliphatic heterocycles. The highest BCUT2D eigenvalue weighted by molar-refractivity contribution is 7.99. The van der Waals surface area contributed by atoms with Crippen molar-refractivity contribution in [2.75, 3.05) is 5.75 Å². The number of unbranched alkanes of at least 4 members (excludes halogenated alkanes) is 5. The standard InChI is InChI=1S/C25H42O3S/c1-9-10-11-12-13-14-15-29-18(2)28-23(27)19-16-20(24(3,4)5)22(26)21(17-19)25(6,7)8/h16-18,26H,9-15H2,1-8H3. The Morgan fingerprint density at radius 2 is 1.45 bits per heavy atom. The van der Waals surface area contributed by atoms with E-state index in [4.69, 9.17) is 4.74 Å². The third kappa shape index (κ3) is 8.62. The minimum atomic E-state index is -0.316. The number of phenols is 1. The Balaban J connectivity index is 2.78. The van der Waals surface area contributed by atoms with Crippen LogP contribution in [0.3, 0.4) is 0 Å². The molecule has 0 spiro atoms. The lowest BCUT2D eigenvalue weighted by atomic mass is 9.78. The first-order valence-electron chi connectivity index (χ1n) is 11.1. The molecule has 0 amide bonds. The van der Waals surface area contributed by atoms with Gasteiger partial charge in [0.15, 0.2) is 0 Å². The van der Waals surface area contributed by atoms with Crippen molar-refractivity contribution in [2.24, 2.45) is 0 Å². The summed E-state index contributed by atoms with van der Waals surface area (Å²) in [5, 5.41) is 10.8. The van der Waals surface area contributed by atoms with Gasteiger partial charge in [-0.25, -0.2) is 4.79 Å². The van der Waals surface area contributed by atoms with Crippen LogP contribution in [-0.2, 0) is 15.6 Å². The third-order valence-corrected chi connectivity index (χ3v) is 6.18. The van der Waals surface area contributed by atoms with Crippen LogP contribution < -0.4 is 0 Å². The van der Waals surface area contributed by atoms with E-state index in [1.54, 1.807) is 23.9 Å². The highest BCUT2D eigenvalue weighted by atomic mass is 32.2. The van der Waals surface area contributed by atoms with Crippen molar-refractivity contribution in [1.29, 1.82) is 0 Å². The second-order valence-corrected chi connectivity index (χ2v) is 11.4. The summed E-state index contributed by atoms with van der Waals surface area (Å²) in [5.74, 6) is 0.979. The summed E-state index contributed by atoms with van der Waals surface area (Å²) < 4.78 is 5.70. The van der Waals surface area contributed by atoms with Gasteiger partial charge in [0, 0.05) is 11.1 Å². The molecule has 0 saturated carbocycles. The number of rotatable bonds is 10. The lowest BCUT2D eigenvalue weighted by molar-refractivity contribution is 0.0481. The predicted molar refractivity (Wildman–Crippen MR) is 126 cm³/mol. The van der Waals surface area contributed by atoms with Gasteiger partial charge >= 0.3 is 5.97 Å². The van der Waals surface area contributed by atoms with E-state index in [-0.39, 0.29) is 28.0 Å². The van der Waals surface area contributed by atoms with Gasteiger partial charge in [-0.2, -0.15) is 0 Å². The van der Waals surface area contributed by atoms with Gasteiger partial charge in [0.05, 0.1) is 5.56 Å². The largest absolute Gasteiger partial charge is 0.507 e. The SMILES string of the molecule is CCCCCCCCSC(C)OC(=O)c1cc(C(C)(C)C)c(O)c(C(C)(C)C)c1. The summed E-state index contributed by atoms with van der Waals surface area (Å²) in [4.78, 5) is 12.8. The molecular weight excluding hydrogens is 380 g/mol. The summed E-state index contributed by atoms with van der Waals surface area (Å²) in [6.45, 7) is 16.4. The zero-order valence-electron chi connectivity index (χ0n) is 19.9. The average molecular weight is 423 g/mol. The third-order valence-electron chi connectivity index (χ3n) is 5.09. The summed E-state index contributed by atoms with van der Waals surface area (Å²) >= 11 is 1.69. The van der Waals surface area contributed by atoms with Crippen LogP contribution in [0.15, 0.2) is 12.1 Å². The molecular formula is C25H42O3S. The van der Waals surface area contributed by atoms with Crippen LogP contribution in [-0.4, -0.2) is 22.3 Å². The smallest absolute Gasteiger partial charge is 0.339 e. The highest BCUT2D eigenvalue weighted by Crippen LogP contribution is 2.40. The van der Waals surface area contributed by atoms with Crippen LogP contribution >= 0.6 is 11.8 Å². The first-order valence-corrected chi connectivity index (χ1v) is 12.1. The Morgan fingerprint density at radius 1 is 0.966 bits per heavy atom. The van der Waals surface area contributed by atoms with Crippen LogP contribution in [0, 0.1) is 0 Å². The monoisotopic (exact) mass is 422 g/mol. The van der Waals surface area contributed by atoms with Crippen molar-refractivity contribution in [3.8, 4) is 5.75 Å². The van der Waals surface area contributed by atoms with Crippen LogP contribution in [0.1, 0.15) is 115 Å². The first-order chi connectivity index (χ1) is 13.4. The first kappa shape index (κ1) is 25.9. The Hall–Kier alpha value is -1.16. The number of thioether (sulfide) groups is 1. The molecule has 1 unspecified atom stereocenters. The van der Waals surface area contributed by atoms with Crippen molar-refractivity contribution in [3.05, 3.63) is 28.8 Å². The van der Waals surface area contributed by atoms with Gasteiger partial charge in [0.25, 0.3) is 0 Å². The fourth-order valence-corrected chi connectivity index (χ4v) is 4.14. The minimum Gasteiger partial charge on any atom is -0.507 e. The number of benzene rings is 1. The van der Waals surface area contributed by atoms with Crippen molar-refractivity contribution in [2.45, 2.75) is 110 Å². The normalized spacial score (nSPS) is 13.4. The van der Waals surface area contributed by atoms with E-state index in [0.717, 1.165) is 23.3 Å². The van der Waals surface area contributed by atoms with Crippen molar-refractivity contribution >= 4 is 17.7 Å². The molecule has 4 heteroatoms. The molecule has 1 aromatic carbocycles. The van der Waals surface area contributed by atoms with Gasteiger partial charge in [-0.15, -0.1) is 11.8 Å². The number of ether oxygens (including phenoxy) is 1. The van der Waals surface area contributed by atoms with Gasteiger partial charge in [-0.05, 0) is 42.1 Å².